The maximum absolute atomic E-state index is 12.9. The molecular formula is C18H15F2NO4. The number of benzene rings is 2. The van der Waals surface area contributed by atoms with Gasteiger partial charge in [-0.2, -0.15) is 0 Å². The number of ether oxygens (including phenoxy) is 3. The third kappa shape index (κ3) is 4.69. The SMILES string of the molecule is O=C(NCC=Cc1ccc2c(c1)OC(F)(F)O2)OCc1ccccc1. The van der Waals surface area contributed by atoms with Crippen molar-refractivity contribution in [2.75, 3.05) is 6.54 Å². The summed E-state index contributed by atoms with van der Waals surface area (Å²) in [7, 11) is 0. The molecule has 25 heavy (non-hydrogen) atoms. The van der Waals surface area contributed by atoms with Gasteiger partial charge < -0.3 is 19.5 Å². The van der Waals surface area contributed by atoms with Crippen LogP contribution in [0, 0.1) is 0 Å². The van der Waals surface area contributed by atoms with Gasteiger partial charge in [0.15, 0.2) is 11.5 Å². The van der Waals surface area contributed by atoms with Crippen molar-refractivity contribution in [1.82, 2.24) is 5.32 Å². The van der Waals surface area contributed by atoms with Crippen LogP contribution < -0.4 is 14.8 Å². The third-order valence-electron chi connectivity index (χ3n) is 3.31. The summed E-state index contributed by atoms with van der Waals surface area (Å²) < 4.78 is 39.6. The fourth-order valence-corrected chi connectivity index (χ4v) is 2.18. The fraction of sp³-hybridized carbons (Fsp3) is 0.167. The van der Waals surface area contributed by atoms with Crippen molar-refractivity contribution >= 4 is 12.2 Å². The first kappa shape index (κ1) is 16.8. The maximum atomic E-state index is 12.9. The highest BCUT2D eigenvalue weighted by atomic mass is 19.3. The molecule has 1 heterocycles. The lowest BCUT2D eigenvalue weighted by Gasteiger charge is -2.05. The summed E-state index contributed by atoms with van der Waals surface area (Å²) in [4.78, 5) is 11.6. The van der Waals surface area contributed by atoms with Gasteiger partial charge >= 0.3 is 12.4 Å². The normalized spacial score (nSPS) is 14.5. The molecule has 0 saturated heterocycles. The van der Waals surface area contributed by atoms with Crippen molar-refractivity contribution in [2.45, 2.75) is 12.9 Å². The Morgan fingerprint density at radius 3 is 2.68 bits per heavy atom. The zero-order chi connectivity index (χ0) is 17.7. The predicted octanol–water partition coefficient (Wildman–Crippen LogP) is 3.95. The summed E-state index contributed by atoms with van der Waals surface area (Å²) >= 11 is 0. The molecule has 0 atom stereocenters. The Hall–Kier alpha value is -3.09. The zero-order valence-electron chi connectivity index (χ0n) is 13.1. The molecule has 0 fully saturated rings. The van der Waals surface area contributed by atoms with Crippen molar-refractivity contribution in [2.24, 2.45) is 0 Å². The Labute approximate surface area is 142 Å². The van der Waals surface area contributed by atoms with Crippen LogP contribution in [-0.2, 0) is 11.3 Å². The molecule has 2 aromatic rings. The van der Waals surface area contributed by atoms with E-state index in [0.717, 1.165) is 5.56 Å². The molecule has 1 aliphatic rings. The number of hydrogen-bond acceptors (Lipinski definition) is 4. The number of amides is 1. The number of rotatable bonds is 5. The first-order chi connectivity index (χ1) is 12.0. The van der Waals surface area contributed by atoms with E-state index < -0.39 is 12.4 Å². The predicted molar refractivity (Wildman–Crippen MR) is 86.3 cm³/mol. The highest BCUT2D eigenvalue weighted by Crippen LogP contribution is 2.41. The smallest absolute Gasteiger partial charge is 0.445 e. The molecule has 0 unspecified atom stereocenters. The van der Waals surface area contributed by atoms with Crippen LogP contribution in [0.5, 0.6) is 11.5 Å². The minimum absolute atomic E-state index is 0.00948. The van der Waals surface area contributed by atoms with Crippen LogP contribution in [-0.4, -0.2) is 18.9 Å². The second-order valence-electron chi connectivity index (χ2n) is 5.22. The quantitative estimate of drug-likeness (QED) is 0.890. The molecule has 130 valence electrons. The van der Waals surface area contributed by atoms with E-state index >= 15 is 0 Å². The third-order valence-corrected chi connectivity index (χ3v) is 3.31. The van der Waals surface area contributed by atoms with E-state index in [1.54, 1.807) is 18.2 Å². The highest BCUT2D eigenvalue weighted by Gasteiger charge is 2.43. The van der Waals surface area contributed by atoms with E-state index in [1.165, 1.54) is 12.1 Å². The molecule has 7 heteroatoms. The summed E-state index contributed by atoms with van der Waals surface area (Å²) in [5, 5.41) is 2.56. The highest BCUT2D eigenvalue weighted by molar-refractivity contribution is 5.67. The van der Waals surface area contributed by atoms with Crippen molar-refractivity contribution in [3.63, 3.8) is 0 Å². The second kappa shape index (κ2) is 7.21. The molecule has 1 aliphatic heterocycles. The lowest BCUT2D eigenvalue weighted by Crippen LogP contribution is -2.25. The van der Waals surface area contributed by atoms with Gasteiger partial charge in [0.2, 0.25) is 0 Å². The van der Waals surface area contributed by atoms with Gasteiger partial charge in [-0.1, -0.05) is 48.6 Å². The van der Waals surface area contributed by atoms with E-state index in [4.69, 9.17) is 4.74 Å². The average molecular weight is 347 g/mol. The van der Waals surface area contributed by atoms with Crippen LogP contribution in [0.2, 0.25) is 0 Å². The van der Waals surface area contributed by atoms with E-state index in [-0.39, 0.29) is 24.7 Å². The Morgan fingerprint density at radius 2 is 1.88 bits per heavy atom. The lowest BCUT2D eigenvalue weighted by atomic mass is 10.2. The Bertz CT molecular complexity index is 778. The summed E-state index contributed by atoms with van der Waals surface area (Å²) in [6.07, 6.45) is -0.843. The van der Waals surface area contributed by atoms with Gasteiger partial charge in [-0.15, -0.1) is 8.78 Å². The maximum Gasteiger partial charge on any atom is 0.586 e. The minimum Gasteiger partial charge on any atom is -0.445 e. The van der Waals surface area contributed by atoms with Gasteiger partial charge in [0, 0.05) is 6.54 Å². The number of hydrogen-bond donors (Lipinski definition) is 1. The van der Waals surface area contributed by atoms with Crippen LogP contribution in [0.15, 0.2) is 54.6 Å². The Balaban J connectivity index is 1.44. The molecule has 0 bridgehead atoms. The lowest BCUT2D eigenvalue weighted by molar-refractivity contribution is -0.286. The molecule has 0 radical (unpaired) electrons. The molecule has 2 aromatic carbocycles. The van der Waals surface area contributed by atoms with Gasteiger partial charge in [-0.05, 0) is 23.3 Å². The molecule has 0 spiro atoms. The van der Waals surface area contributed by atoms with E-state index in [2.05, 4.69) is 14.8 Å². The number of carbonyl (C=O) groups excluding carboxylic acids is 1. The van der Waals surface area contributed by atoms with E-state index in [0.29, 0.717) is 5.56 Å². The topological polar surface area (TPSA) is 56.8 Å². The molecule has 1 amide bonds. The minimum atomic E-state index is -3.63. The van der Waals surface area contributed by atoms with Crippen molar-refractivity contribution < 1.29 is 27.8 Å². The molecule has 0 aliphatic carbocycles. The number of nitrogens with one attached hydrogen (secondary N) is 1. The first-order valence-corrected chi connectivity index (χ1v) is 7.53. The molecule has 3 rings (SSSR count). The Morgan fingerprint density at radius 1 is 1.12 bits per heavy atom. The molecule has 0 saturated carbocycles. The van der Waals surface area contributed by atoms with Gasteiger partial charge in [-0.25, -0.2) is 4.79 Å². The molecule has 0 aromatic heterocycles. The number of halogens is 2. The first-order valence-electron chi connectivity index (χ1n) is 7.53. The van der Waals surface area contributed by atoms with E-state index in [9.17, 15) is 13.6 Å². The van der Waals surface area contributed by atoms with Gasteiger partial charge in [0.25, 0.3) is 0 Å². The number of carbonyl (C=O) groups is 1. The molecule has 1 N–H and O–H groups in total. The van der Waals surface area contributed by atoms with Crippen LogP contribution in [0.4, 0.5) is 13.6 Å². The Kier molecular flexibility index (Phi) is 4.83. The second-order valence-corrected chi connectivity index (χ2v) is 5.22. The van der Waals surface area contributed by atoms with Crippen molar-refractivity contribution in [3.05, 3.63) is 65.7 Å². The number of fused-ring (bicyclic) bond motifs is 1. The van der Waals surface area contributed by atoms with Crippen LogP contribution >= 0.6 is 0 Å². The molecule has 5 nitrogen and oxygen atoms in total. The van der Waals surface area contributed by atoms with E-state index in [1.807, 2.05) is 30.3 Å². The van der Waals surface area contributed by atoms with Gasteiger partial charge in [0.1, 0.15) is 6.61 Å². The van der Waals surface area contributed by atoms with Crippen molar-refractivity contribution in [1.29, 1.82) is 0 Å². The van der Waals surface area contributed by atoms with Crippen LogP contribution in [0.25, 0.3) is 6.08 Å². The van der Waals surface area contributed by atoms with Gasteiger partial charge in [0.05, 0.1) is 0 Å². The van der Waals surface area contributed by atoms with Gasteiger partial charge in [-0.3, -0.25) is 0 Å². The largest absolute Gasteiger partial charge is 0.586 e. The number of alkyl carbamates (subject to hydrolysis) is 1. The zero-order valence-corrected chi connectivity index (χ0v) is 13.1. The summed E-state index contributed by atoms with van der Waals surface area (Å²) in [6, 6.07) is 13.8. The van der Waals surface area contributed by atoms with Crippen LogP contribution in [0.1, 0.15) is 11.1 Å². The fourth-order valence-electron chi connectivity index (χ4n) is 2.18. The summed E-state index contributed by atoms with van der Waals surface area (Å²) in [6.45, 7) is 0.422. The number of alkyl halides is 2. The molecular weight excluding hydrogens is 332 g/mol. The average Bonchev–Trinajstić information content (AvgIpc) is 2.91. The summed E-state index contributed by atoms with van der Waals surface area (Å²) in [5.41, 5.74) is 1.53. The summed E-state index contributed by atoms with van der Waals surface area (Å²) in [5.74, 6) is -0.0351. The monoisotopic (exact) mass is 347 g/mol. The van der Waals surface area contributed by atoms with Crippen molar-refractivity contribution in [3.8, 4) is 11.5 Å². The standard InChI is InChI=1S/C18H15F2NO4/c19-18(20)24-15-9-8-13(11-16(15)25-18)7-4-10-21-17(22)23-12-14-5-2-1-3-6-14/h1-9,11H,10,12H2,(H,21,22). The van der Waals surface area contributed by atoms with Crippen LogP contribution in [0.3, 0.4) is 0 Å².